The first-order valence-corrected chi connectivity index (χ1v) is 17.3. The predicted octanol–water partition coefficient (Wildman–Crippen LogP) is 3.44. The molecule has 6 N–H and O–H groups in total. The highest BCUT2D eigenvalue weighted by molar-refractivity contribution is 5.34. The zero-order valence-electron chi connectivity index (χ0n) is 28.2. The average Bonchev–Trinajstić information content (AvgIpc) is 3.32. The zero-order valence-corrected chi connectivity index (χ0v) is 28.2. The van der Waals surface area contributed by atoms with E-state index in [4.69, 9.17) is 14.2 Å². The van der Waals surface area contributed by atoms with Gasteiger partial charge in [0.05, 0.1) is 18.3 Å². The van der Waals surface area contributed by atoms with Crippen LogP contribution in [0.25, 0.3) is 0 Å². The summed E-state index contributed by atoms with van der Waals surface area (Å²) in [5.41, 5.74) is -2.52. The van der Waals surface area contributed by atoms with Crippen LogP contribution >= 0.6 is 0 Å². The fourth-order valence-electron chi connectivity index (χ4n) is 11.5. The van der Waals surface area contributed by atoms with E-state index < -0.39 is 71.7 Å². The lowest BCUT2D eigenvalue weighted by Crippen LogP contribution is -2.66. The second kappa shape index (κ2) is 11.1. The molecule has 256 valence electrons. The summed E-state index contributed by atoms with van der Waals surface area (Å²) in [5, 5.41) is 63.2. The van der Waals surface area contributed by atoms with Gasteiger partial charge in [-0.3, -0.25) is 0 Å². The molecule has 15 atom stereocenters. The molecule has 1 unspecified atom stereocenters. The first kappa shape index (κ1) is 34.0. The highest BCUT2D eigenvalue weighted by Gasteiger charge is 2.78. The van der Waals surface area contributed by atoms with Gasteiger partial charge in [0.25, 0.3) is 0 Å². The highest BCUT2D eigenvalue weighted by atomic mass is 16.7. The Morgan fingerprint density at radius 1 is 0.956 bits per heavy atom. The number of hydrogen-bond acceptors (Lipinski definition) is 9. The molecule has 3 saturated carbocycles. The molecule has 2 bridgehead atoms. The van der Waals surface area contributed by atoms with Crippen molar-refractivity contribution < 1.29 is 44.8 Å². The van der Waals surface area contributed by atoms with Crippen molar-refractivity contribution in [1.82, 2.24) is 0 Å². The van der Waals surface area contributed by atoms with Gasteiger partial charge in [0.2, 0.25) is 0 Å². The summed E-state index contributed by atoms with van der Waals surface area (Å²) in [5.74, 6) is 1.29. The lowest BCUT2D eigenvalue weighted by molar-refractivity contribution is -0.330. The van der Waals surface area contributed by atoms with Crippen molar-refractivity contribution in [3.8, 4) is 0 Å². The van der Waals surface area contributed by atoms with Crippen molar-refractivity contribution in [2.75, 3.05) is 6.61 Å². The summed E-state index contributed by atoms with van der Waals surface area (Å²) in [6, 6.07) is 0. The van der Waals surface area contributed by atoms with Crippen LogP contribution in [-0.4, -0.2) is 91.5 Å². The first-order valence-electron chi connectivity index (χ1n) is 17.3. The molecule has 9 nitrogen and oxygen atoms in total. The summed E-state index contributed by atoms with van der Waals surface area (Å²) in [6.45, 7) is 14.6. The van der Waals surface area contributed by atoms with E-state index in [1.807, 2.05) is 19.9 Å². The van der Waals surface area contributed by atoms with Gasteiger partial charge in [0.15, 0.2) is 12.6 Å². The Kier molecular flexibility index (Phi) is 8.37. The van der Waals surface area contributed by atoms with Gasteiger partial charge in [-0.1, -0.05) is 58.9 Å². The maximum atomic E-state index is 12.0. The Morgan fingerprint density at radius 3 is 2.33 bits per heavy atom. The van der Waals surface area contributed by atoms with E-state index in [0.29, 0.717) is 18.3 Å². The third-order valence-electron chi connectivity index (χ3n) is 14.3. The van der Waals surface area contributed by atoms with E-state index in [9.17, 15) is 30.6 Å². The molecule has 6 aliphatic rings. The van der Waals surface area contributed by atoms with Crippen LogP contribution in [0.4, 0.5) is 0 Å². The average molecular weight is 635 g/mol. The normalized spacial score (nSPS) is 52.8. The molecule has 0 aromatic rings. The molecule has 0 radical (unpaired) electrons. The number of aliphatic hydroxyl groups is 6. The SMILES string of the molecule is C[C@H](CC=CC(C)(C)O)[C@H]1CC[C@@]2(C)[C@@H]3C=C[C@@]45OC(O)[C@]3(CC[C@]12C)[C@@H]4CC[C@H](O[C@@H]1O[C@H](CO)[C@@H](O)[C@H](O)[C@H]1O)C5(C)C. The van der Waals surface area contributed by atoms with E-state index in [1.54, 1.807) is 0 Å². The van der Waals surface area contributed by atoms with Crippen molar-refractivity contribution in [3.63, 3.8) is 0 Å². The van der Waals surface area contributed by atoms with Crippen LogP contribution in [0, 0.1) is 45.3 Å². The lowest BCUT2D eigenvalue weighted by atomic mass is 9.38. The van der Waals surface area contributed by atoms with Crippen LogP contribution in [-0.2, 0) is 14.2 Å². The van der Waals surface area contributed by atoms with Gasteiger partial charge in [-0.2, -0.15) is 0 Å². The van der Waals surface area contributed by atoms with Crippen LogP contribution < -0.4 is 0 Å². The predicted molar refractivity (Wildman–Crippen MR) is 167 cm³/mol. The molecule has 0 aromatic carbocycles. The van der Waals surface area contributed by atoms with Crippen molar-refractivity contribution in [3.05, 3.63) is 24.3 Å². The monoisotopic (exact) mass is 634 g/mol. The van der Waals surface area contributed by atoms with Crippen LogP contribution in [0.2, 0.25) is 0 Å². The van der Waals surface area contributed by atoms with Crippen LogP contribution in [0.15, 0.2) is 24.3 Å². The number of aliphatic hydroxyl groups excluding tert-OH is 5. The van der Waals surface area contributed by atoms with Crippen molar-refractivity contribution in [2.45, 2.75) is 148 Å². The van der Waals surface area contributed by atoms with Gasteiger partial charge in [-0.15, -0.1) is 0 Å². The van der Waals surface area contributed by atoms with Crippen LogP contribution in [0.3, 0.4) is 0 Å². The van der Waals surface area contributed by atoms with E-state index in [-0.39, 0.29) is 22.7 Å². The Labute approximate surface area is 268 Å². The second-order valence-corrected chi connectivity index (χ2v) is 17.1. The molecule has 9 heteroatoms. The van der Waals surface area contributed by atoms with Crippen molar-refractivity contribution in [2.24, 2.45) is 45.3 Å². The number of hydrogen-bond donors (Lipinski definition) is 6. The molecule has 45 heavy (non-hydrogen) atoms. The largest absolute Gasteiger partial charge is 0.394 e. The van der Waals surface area contributed by atoms with E-state index in [1.165, 1.54) is 0 Å². The van der Waals surface area contributed by atoms with Crippen molar-refractivity contribution in [1.29, 1.82) is 0 Å². The molecule has 5 fully saturated rings. The minimum Gasteiger partial charge on any atom is -0.394 e. The minimum absolute atomic E-state index is 0.00466. The molecule has 2 saturated heterocycles. The van der Waals surface area contributed by atoms with Gasteiger partial charge in [-0.05, 0) is 87.4 Å². The van der Waals surface area contributed by atoms with Gasteiger partial charge in [-0.25, -0.2) is 0 Å². The number of fused-ring (bicyclic) bond motifs is 2. The van der Waals surface area contributed by atoms with E-state index in [0.717, 1.165) is 38.5 Å². The molecule has 2 aliphatic heterocycles. The van der Waals surface area contributed by atoms with Gasteiger partial charge >= 0.3 is 0 Å². The Bertz CT molecular complexity index is 1180. The third-order valence-corrected chi connectivity index (χ3v) is 14.3. The molecule has 1 spiro atoms. The summed E-state index contributed by atoms with van der Waals surface area (Å²) >= 11 is 0. The minimum atomic E-state index is -1.51. The topological polar surface area (TPSA) is 149 Å². The maximum Gasteiger partial charge on any atom is 0.186 e. The third kappa shape index (κ3) is 4.66. The molecule has 4 aliphatic carbocycles. The zero-order chi connectivity index (χ0) is 33.0. The molecule has 0 amide bonds. The van der Waals surface area contributed by atoms with Crippen LogP contribution in [0.1, 0.15) is 93.4 Å². The molecule has 0 aromatic heterocycles. The lowest BCUT2D eigenvalue weighted by Gasteiger charge is -2.65. The van der Waals surface area contributed by atoms with E-state index >= 15 is 0 Å². The number of ether oxygens (including phenoxy) is 3. The quantitative estimate of drug-likeness (QED) is 0.232. The Balaban J connectivity index is 1.28. The summed E-state index contributed by atoms with van der Waals surface area (Å²) in [4.78, 5) is 0. The molecular weight excluding hydrogens is 576 g/mol. The first-order chi connectivity index (χ1) is 20.9. The van der Waals surface area contributed by atoms with Crippen LogP contribution in [0.5, 0.6) is 0 Å². The highest BCUT2D eigenvalue weighted by Crippen LogP contribution is 2.78. The molecular formula is C36H58O9. The van der Waals surface area contributed by atoms with Gasteiger partial charge in [0, 0.05) is 16.7 Å². The van der Waals surface area contributed by atoms with Gasteiger partial charge in [0.1, 0.15) is 30.0 Å². The second-order valence-electron chi connectivity index (χ2n) is 17.1. The summed E-state index contributed by atoms with van der Waals surface area (Å²) in [7, 11) is 0. The smallest absolute Gasteiger partial charge is 0.186 e. The summed E-state index contributed by atoms with van der Waals surface area (Å²) in [6.07, 6.45) is 7.14. The van der Waals surface area contributed by atoms with Gasteiger partial charge < -0.3 is 44.8 Å². The fraction of sp³-hybridized carbons (Fsp3) is 0.889. The van der Waals surface area contributed by atoms with Crippen molar-refractivity contribution >= 4 is 0 Å². The fourth-order valence-corrected chi connectivity index (χ4v) is 11.5. The Hall–Kier alpha value is -0.880. The number of rotatable bonds is 7. The Morgan fingerprint density at radius 2 is 1.67 bits per heavy atom. The molecule has 2 heterocycles. The standard InChI is InChI=1S/C36H58O9/c1-20(9-8-14-31(2,3)42)21-12-15-34(7)23-13-16-36-24(35(23,30(41)45-36)18-17-33(21,34)6)10-11-25(32(36,4)5)44-29-28(40)27(39)26(38)22(19-37)43-29/h8,13-14,16,20-30,37-42H,9-12,15,17-19H2,1-7H3/t20-,21-,22-,23+,24+,25+,26-,27+,28-,29+,30?,33-,34+,35+,36-/m1/s1. The van der Waals surface area contributed by atoms with E-state index in [2.05, 4.69) is 52.8 Å². The molecule has 6 rings (SSSR count). The summed E-state index contributed by atoms with van der Waals surface area (Å²) < 4.78 is 18.9. The maximum absolute atomic E-state index is 12.0. The number of allylic oxidation sites excluding steroid dienone is 2.